The van der Waals surface area contributed by atoms with Gasteiger partial charge in [0.2, 0.25) is 5.91 Å². The van der Waals surface area contributed by atoms with Gasteiger partial charge in [0.25, 0.3) is 11.5 Å². The summed E-state index contributed by atoms with van der Waals surface area (Å²) in [6.07, 6.45) is -3.00. The molecule has 2 aromatic heterocycles. The molecule has 0 aliphatic carbocycles. The molecule has 2 aromatic carbocycles. The second-order valence-electron chi connectivity index (χ2n) is 9.83. The maximum atomic E-state index is 13.7. The number of carbonyl (C=O) groups is 2. The van der Waals surface area contributed by atoms with Gasteiger partial charge in [-0.05, 0) is 67.4 Å². The number of aromatic nitrogens is 2. The Hall–Kier alpha value is -4.67. The first-order valence-electron chi connectivity index (χ1n) is 12.5. The fourth-order valence-corrected chi connectivity index (χ4v) is 4.80. The van der Waals surface area contributed by atoms with Crippen LogP contribution in [0.4, 0.5) is 24.5 Å². The molecule has 1 fully saturated rings. The van der Waals surface area contributed by atoms with Crippen molar-refractivity contribution in [2.24, 2.45) is 7.05 Å². The molecule has 1 aliphatic heterocycles. The third-order valence-electron chi connectivity index (χ3n) is 6.94. The number of hydrogen-bond donors (Lipinski definition) is 2. The van der Waals surface area contributed by atoms with Crippen LogP contribution in [0.15, 0.2) is 59.5 Å². The highest BCUT2D eigenvalue weighted by Crippen LogP contribution is 2.34. The number of rotatable bonds is 4. The van der Waals surface area contributed by atoms with E-state index in [1.807, 2.05) is 19.9 Å². The lowest BCUT2D eigenvalue weighted by Crippen LogP contribution is -2.47. The zero-order chi connectivity index (χ0) is 28.8. The second kappa shape index (κ2) is 10.1. The summed E-state index contributed by atoms with van der Waals surface area (Å²) in [4.78, 5) is 44.1. The SMILES string of the molecule is Cc1cc2c(cn1)cc(-c1cc(NC(=O)c3cc(N4CCNC(=O)C4)cc(C(F)(F)F)c3)ccc1C)c(=O)n2C. The summed E-state index contributed by atoms with van der Waals surface area (Å²) in [7, 11) is 1.67. The Balaban J connectivity index is 1.51. The van der Waals surface area contributed by atoms with Crippen molar-refractivity contribution in [2.75, 3.05) is 29.9 Å². The fourth-order valence-electron chi connectivity index (χ4n) is 4.80. The van der Waals surface area contributed by atoms with Gasteiger partial charge in [-0.1, -0.05) is 6.07 Å². The number of amides is 2. The Morgan fingerprint density at radius 2 is 1.80 bits per heavy atom. The predicted molar refractivity (Wildman–Crippen MR) is 147 cm³/mol. The molecule has 5 rings (SSSR count). The van der Waals surface area contributed by atoms with Gasteiger partial charge in [-0.3, -0.25) is 19.4 Å². The Labute approximate surface area is 227 Å². The number of nitrogens with zero attached hydrogens (tertiary/aromatic N) is 3. The monoisotopic (exact) mass is 549 g/mol. The van der Waals surface area contributed by atoms with Crippen molar-refractivity contribution < 1.29 is 22.8 Å². The molecule has 0 bridgehead atoms. The van der Waals surface area contributed by atoms with Crippen LogP contribution in [-0.2, 0) is 18.0 Å². The van der Waals surface area contributed by atoms with Crippen LogP contribution in [0.1, 0.15) is 27.2 Å². The molecule has 2 amide bonds. The molecule has 0 unspecified atom stereocenters. The molecular formula is C29H26F3N5O3. The third kappa shape index (κ3) is 5.27. The number of nitrogens with one attached hydrogen (secondary N) is 2. The number of benzene rings is 2. The number of aryl methyl sites for hydroxylation is 3. The van der Waals surface area contributed by atoms with E-state index >= 15 is 0 Å². The summed E-state index contributed by atoms with van der Waals surface area (Å²) in [5.41, 5.74) is 2.26. The normalized spacial score (nSPS) is 13.8. The lowest BCUT2D eigenvalue weighted by Gasteiger charge is -2.29. The predicted octanol–water partition coefficient (Wildman–Crippen LogP) is 4.42. The molecule has 0 atom stereocenters. The second-order valence-corrected chi connectivity index (χ2v) is 9.83. The summed E-state index contributed by atoms with van der Waals surface area (Å²) >= 11 is 0. The van der Waals surface area contributed by atoms with Crippen molar-refractivity contribution >= 4 is 34.1 Å². The molecule has 4 aromatic rings. The van der Waals surface area contributed by atoms with Gasteiger partial charge in [-0.2, -0.15) is 13.2 Å². The molecule has 3 heterocycles. The van der Waals surface area contributed by atoms with Crippen molar-refractivity contribution in [1.29, 1.82) is 0 Å². The van der Waals surface area contributed by atoms with Gasteiger partial charge in [0.15, 0.2) is 0 Å². The van der Waals surface area contributed by atoms with Crippen molar-refractivity contribution in [3.63, 3.8) is 0 Å². The smallest absolute Gasteiger partial charge is 0.360 e. The fraction of sp³-hybridized carbons (Fsp3) is 0.241. The van der Waals surface area contributed by atoms with E-state index in [0.29, 0.717) is 23.4 Å². The molecule has 1 aliphatic rings. The van der Waals surface area contributed by atoms with Crippen LogP contribution in [0.5, 0.6) is 0 Å². The van der Waals surface area contributed by atoms with E-state index in [2.05, 4.69) is 15.6 Å². The number of halogens is 3. The molecule has 206 valence electrons. The van der Waals surface area contributed by atoms with Crippen LogP contribution in [0, 0.1) is 13.8 Å². The summed E-state index contributed by atoms with van der Waals surface area (Å²) in [5, 5.41) is 6.06. The number of fused-ring (bicyclic) bond motifs is 1. The van der Waals surface area contributed by atoms with E-state index in [4.69, 9.17) is 0 Å². The largest absolute Gasteiger partial charge is 0.416 e. The molecule has 11 heteroatoms. The first-order chi connectivity index (χ1) is 18.9. The van der Waals surface area contributed by atoms with Gasteiger partial charge in [-0.25, -0.2) is 0 Å². The highest BCUT2D eigenvalue weighted by molar-refractivity contribution is 6.05. The van der Waals surface area contributed by atoms with E-state index < -0.39 is 17.6 Å². The van der Waals surface area contributed by atoms with E-state index in [-0.39, 0.29) is 35.8 Å². The minimum Gasteiger partial charge on any atom is -0.360 e. The number of anilines is 2. The average molecular weight is 550 g/mol. The number of piperazine rings is 1. The standard InChI is InChI=1S/C29H26F3N5O3/c1-16-4-5-21(13-23(16)24-11-19-14-34-17(2)8-25(19)36(3)28(24)40)35-27(39)18-9-20(29(30,31)32)12-22(10-18)37-7-6-33-26(38)15-37/h4-5,8-14H,6-7,15H2,1-3H3,(H,33,38)(H,35,39). The Bertz CT molecular complexity index is 1730. The summed E-state index contributed by atoms with van der Waals surface area (Å²) in [5.74, 6) is -1.07. The van der Waals surface area contributed by atoms with Crippen LogP contribution in [0.2, 0.25) is 0 Å². The summed E-state index contributed by atoms with van der Waals surface area (Å²) in [6.45, 7) is 4.15. The van der Waals surface area contributed by atoms with E-state index in [1.54, 1.807) is 37.5 Å². The molecule has 2 N–H and O–H groups in total. The third-order valence-corrected chi connectivity index (χ3v) is 6.94. The van der Waals surface area contributed by atoms with Gasteiger partial charge in [0.05, 0.1) is 17.6 Å². The molecule has 8 nitrogen and oxygen atoms in total. The van der Waals surface area contributed by atoms with Gasteiger partial charge in [0.1, 0.15) is 0 Å². The minimum atomic E-state index is -4.69. The lowest BCUT2D eigenvalue weighted by atomic mass is 9.99. The molecule has 0 spiro atoms. The molecular weight excluding hydrogens is 523 g/mol. The van der Waals surface area contributed by atoms with Gasteiger partial charge in [-0.15, -0.1) is 0 Å². The number of alkyl halides is 3. The van der Waals surface area contributed by atoms with Crippen LogP contribution >= 0.6 is 0 Å². The van der Waals surface area contributed by atoms with E-state index in [0.717, 1.165) is 34.3 Å². The minimum absolute atomic E-state index is 0.112. The van der Waals surface area contributed by atoms with Gasteiger partial charge >= 0.3 is 6.18 Å². The van der Waals surface area contributed by atoms with E-state index in [9.17, 15) is 27.6 Å². The number of pyridine rings is 2. The lowest BCUT2D eigenvalue weighted by molar-refractivity contribution is -0.137. The van der Waals surface area contributed by atoms with E-state index in [1.165, 1.54) is 15.5 Å². The highest BCUT2D eigenvalue weighted by atomic mass is 19.4. The topological polar surface area (TPSA) is 96.3 Å². The molecule has 0 saturated carbocycles. The highest BCUT2D eigenvalue weighted by Gasteiger charge is 2.33. The first-order valence-corrected chi connectivity index (χ1v) is 12.5. The molecule has 0 radical (unpaired) electrons. The van der Waals surface area contributed by atoms with Crippen LogP contribution in [-0.4, -0.2) is 41.0 Å². The summed E-state index contributed by atoms with van der Waals surface area (Å²) in [6, 6.07) is 11.6. The van der Waals surface area contributed by atoms with Crippen molar-refractivity contribution in [1.82, 2.24) is 14.9 Å². The van der Waals surface area contributed by atoms with Crippen LogP contribution < -0.4 is 21.1 Å². The number of carbonyl (C=O) groups excluding carboxylic acids is 2. The van der Waals surface area contributed by atoms with Crippen molar-refractivity contribution in [3.8, 4) is 11.1 Å². The Morgan fingerprint density at radius 1 is 1.02 bits per heavy atom. The van der Waals surface area contributed by atoms with Crippen LogP contribution in [0.25, 0.3) is 22.0 Å². The Kier molecular flexibility index (Phi) is 6.82. The van der Waals surface area contributed by atoms with Crippen molar-refractivity contribution in [3.05, 3.63) is 87.5 Å². The maximum absolute atomic E-state index is 13.7. The van der Waals surface area contributed by atoms with Crippen molar-refractivity contribution in [2.45, 2.75) is 20.0 Å². The average Bonchev–Trinajstić information content (AvgIpc) is 2.91. The zero-order valence-electron chi connectivity index (χ0n) is 22.0. The Morgan fingerprint density at radius 3 is 2.52 bits per heavy atom. The van der Waals surface area contributed by atoms with Crippen LogP contribution in [0.3, 0.4) is 0 Å². The maximum Gasteiger partial charge on any atom is 0.416 e. The van der Waals surface area contributed by atoms with Gasteiger partial charge < -0.3 is 20.1 Å². The molecule has 1 saturated heterocycles. The van der Waals surface area contributed by atoms with Gasteiger partial charge in [0, 0.05) is 59.9 Å². The quantitative estimate of drug-likeness (QED) is 0.393. The zero-order valence-corrected chi connectivity index (χ0v) is 22.0. The first kappa shape index (κ1) is 26.9. The summed E-state index contributed by atoms with van der Waals surface area (Å²) < 4.78 is 42.7. The number of hydrogen-bond acceptors (Lipinski definition) is 5. The molecule has 40 heavy (non-hydrogen) atoms.